The van der Waals surface area contributed by atoms with E-state index in [1.807, 2.05) is 0 Å². The minimum absolute atomic E-state index is 0.527. The van der Waals surface area contributed by atoms with Gasteiger partial charge in [-0.3, -0.25) is 0 Å². The second-order valence-corrected chi connectivity index (χ2v) is 14.4. The number of rotatable bonds is 5. The van der Waals surface area contributed by atoms with E-state index < -0.39 is 8.24 Å². The van der Waals surface area contributed by atoms with E-state index in [9.17, 15) is 0 Å². The molecule has 20 heavy (non-hydrogen) atoms. The highest BCUT2D eigenvalue weighted by Gasteiger charge is 2.46. The van der Waals surface area contributed by atoms with Crippen molar-refractivity contribution in [3.05, 3.63) is 20.8 Å². The number of aromatic nitrogens is 1. The molecule has 1 aromatic heterocycles. The quantitative estimate of drug-likeness (QED) is 0.443. The predicted molar refractivity (Wildman–Crippen MR) is 100 cm³/mol. The summed E-state index contributed by atoms with van der Waals surface area (Å²) in [6.07, 6.45) is 2.34. The van der Waals surface area contributed by atoms with Crippen LogP contribution < -0.4 is 0 Å². The summed E-state index contributed by atoms with van der Waals surface area (Å²) in [5, 5.41) is 0. The summed E-state index contributed by atoms with van der Waals surface area (Å²) in [5.74, 6) is 0.527. The largest absolute Gasteiger partial charge is 0.375 e. The number of hydrogen-bond donors (Lipinski definition) is 0. The van der Waals surface area contributed by atoms with Crippen molar-refractivity contribution < 1.29 is 0 Å². The van der Waals surface area contributed by atoms with Gasteiger partial charge in [0, 0.05) is 16.4 Å². The van der Waals surface area contributed by atoms with Crippen LogP contribution in [-0.2, 0) is 0 Å². The van der Waals surface area contributed by atoms with Crippen LogP contribution in [-0.4, -0.2) is 12.5 Å². The lowest BCUT2D eigenvalue weighted by atomic mass is 10.1. The van der Waals surface area contributed by atoms with Crippen molar-refractivity contribution in [3.8, 4) is 0 Å². The van der Waals surface area contributed by atoms with Crippen molar-refractivity contribution >= 4 is 40.1 Å². The van der Waals surface area contributed by atoms with Crippen molar-refractivity contribution in [3.63, 3.8) is 0 Å². The maximum absolute atomic E-state index is 3.80. The van der Waals surface area contributed by atoms with Gasteiger partial charge in [0.1, 0.15) is 0 Å². The van der Waals surface area contributed by atoms with Gasteiger partial charge in [-0.25, -0.2) is 0 Å². The van der Waals surface area contributed by atoms with Gasteiger partial charge in [-0.05, 0) is 54.4 Å². The van der Waals surface area contributed by atoms with Crippen molar-refractivity contribution in [1.82, 2.24) is 4.23 Å². The van der Waals surface area contributed by atoms with E-state index in [0.29, 0.717) is 22.5 Å². The molecule has 0 saturated carbocycles. The number of hydrogen-bond acceptors (Lipinski definition) is 0. The topological polar surface area (TPSA) is 4.93 Å². The molecule has 0 spiro atoms. The fourth-order valence-electron chi connectivity index (χ4n) is 4.15. The lowest BCUT2D eigenvalue weighted by Crippen LogP contribution is -2.52. The third-order valence-electron chi connectivity index (χ3n) is 4.68. The highest BCUT2D eigenvalue weighted by Crippen LogP contribution is 2.47. The van der Waals surface area contributed by atoms with E-state index in [-0.39, 0.29) is 0 Å². The van der Waals surface area contributed by atoms with Gasteiger partial charge in [-0.2, -0.15) is 0 Å². The summed E-state index contributed by atoms with van der Waals surface area (Å²) in [6.45, 7) is 19.1. The summed E-state index contributed by atoms with van der Waals surface area (Å²) < 4.78 is 5.12. The van der Waals surface area contributed by atoms with Crippen molar-refractivity contribution in [1.29, 1.82) is 0 Å². The van der Waals surface area contributed by atoms with Crippen LogP contribution in [0.2, 0.25) is 16.6 Å². The molecule has 0 bridgehead atoms. The van der Waals surface area contributed by atoms with Crippen LogP contribution in [0.25, 0.3) is 0 Å². The van der Waals surface area contributed by atoms with Gasteiger partial charge < -0.3 is 4.23 Å². The Balaban J connectivity index is 3.70. The average Bonchev–Trinajstić information content (AvgIpc) is 2.54. The van der Waals surface area contributed by atoms with Gasteiger partial charge >= 0.3 is 0 Å². The first kappa shape index (κ1) is 18.5. The summed E-state index contributed by atoms with van der Waals surface area (Å²) in [6, 6.07) is 0. The Hall–Kier alpha value is 0.457. The van der Waals surface area contributed by atoms with Gasteiger partial charge in [-0.15, -0.1) is 0 Å². The van der Waals surface area contributed by atoms with Gasteiger partial charge in [-0.1, -0.05) is 55.4 Å². The summed E-state index contributed by atoms with van der Waals surface area (Å²) in [5.41, 5.74) is 3.60. The Kier molecular flexibility index (Phi) is 6.20. The molecular weight excluding hydrogens is 394 g/mol. The second kappa shape index (κ2) is 6.70. The first-order valence-corrected chi connectivity index (χ1v) is 11.4. The Bertz CT molecular complexity index is 440. The van der Waals surface area contributed by atoms with E-state index in [1.54, 1.807) is 0 Å². The van der Waals surface area contributed by atoms with E-state index in [1.165, 1.54) is 14.6 Å². The zero-order valence-corrected chi connectivity index (χ0v) is 18.3. The minimum atomic E-state index is -1.66. The van der Waals surface area contributed by atoms with Crippen LogP contribution in [0.3, 0.4) is 0 Å². The van der Waals surface area contributed by atoms with Crippen LogP contribution >= 0.6 is 31.9 Å². The lowest BCUT2D eigenvalue weighted by Gasteiger charge is -2.45. The maximum atomic E-state index is 3.80. The van der Waals surface area contributed by atoms with E-state index in [4.69, 9.17) is 0 Å². The minimum Gasteiger partial charge on any atom is -0.375 e. The summed E-state index contributed by atoms with van der Waals surface area (Å²) in [4.78, 5) is 0. The first-order chi connectivity index (χ1) is 9.08. The van der Waals surface area contributed by atoms with Crippen LogP contribution in [0.15, 0.2) is 15.1 Å². The second-order valence-electron chi connectivity index (χ2n) is 7.05. The van der Waals surface area contributed by atoms with Gasteiger partial charge in [0.05, 0.1) is 4.47 Å². The van der Waals surface area contributed by atoms with Gasteiger partial charge in [0.2, 0.25) is 0 Å². The molecule has 1 nitrogen and oxygen atoms in total. The number of halogens is 2. The zero-order valence-electron chi connectivity index (χ0n) is 14.1. The Labute approximate surface area is 142 Å². The Morgan fingerprint density at radius 2 is 1.25 bits per heavy atom. The fraction of sp³-hybridized carbons (Fsp3) is 0.750. The van der Waals surface area contributed by atoms with Crippen LogP contribution in [0, 0.1) is 0 Å². The molecule has 0 saturated heterocycles. The summed E-state index contributed by atoms with van der Waals surface area (Å²) >= 11 is 7.53. The molecule has 0 radical (unpaired) electrons. The maximum Gasteiger partial charge on any atom is 0.169 e. The normalized spacial score (nSPS) is 13.3. The molecule has 0 unspecified atom stereocenters. The van der Waals surface area contributed by atoms with Crippen molar-refractivity contribution in [2.24, 2.45) is 0 Å². The Morgan fingerprint density at radius 1 is 0.850 bits per heavy atom. The van der Waals surface area contributed by atoms with E-state index in [0.717, 1.165) is 0 Å². The molecule has 1 rings (SSSR count). The van der Waals surface area contributed by atoms with Gasteiger partial charge in [0.25, 0.3) is 0 Å². The molecule has 0 N–H and O–H groups in total. The average molecular weight is 423 g/mol. The fourth-order valence-corrected chi connectivity index (χ4v) is 12.5. The highest BCUT2D eigenvalue weighted by atomic mass is 79.9. The molecule has 4 heteroatoms. The Morgan fingerprint density at radius 3 is 1.55 bits per heavy atom. The predicted octanol–water partition coefficient (Wildman–Crippen LogP) is 7.16. The molecule has 0 aliphatic heterocycles. The third kappa shape index (κ3) is 2.85. The monoisotopic (exact) mass is 421 g/mol. The molecule has 0 fully saturated rings. The van der Waals surface area contributed by atoms with Crippen LogP contribution in [0.4, 0.5) is 0 Å². The van der Waals surface area contributed by atoms with Crippen molar-refractivity contribution in [2.75, 3.05) is 0 Å². The smallest absolute Gasteiger partial charge is 0.169 e. The molecule has 0 aromatic carbocycles. The molecule has 1 aromatic rings. The van der Waals surface area contributed by atoms with Crippen LogP contribution in [0.5, 0.6) is 0 Å². The number of nitrogens with zero attached hydrogens (tertiary/aromatic N) is 1. The molecule has 116 valence electrons. The summed E-state index contributed by atoms with van der Waals surface area (Å²) in [7, 11) is -1.66. The molecule has 0 aliphatic rings. The highest BCUT2D eigenvalue weighted by molar-refractivity contribution is 9.13. The SMILES string of the molecule is CC(C)c1c(Br)c(Br)cn1[Si](C(C)C)(C(C)C)C(C)C. The van der Waals surface area contributed by atoms with E-state index >= 15 is 0 Å². The molecule has 0 amide bonds. The van der Waals surface area contributed by atoms with Gasteiger partial charge in [0.15, 0.2) is 8.24 Å². The molecule has 1 heterocycles. The standard InChI is InChI=1S/C16H29Br2NSi/c1-10(2)16-15(18)14(17)9-19(16)20(11(3)4,12(5)6)13(7)8/h9-13H,1-8H3. The lowest BCUT2D eigenvalue weighted by molar-refractivity contribution is 0.719. The first-order valence-electron chi connectivity index (χ1n) is 7.65. The van der Waals surface area contributed by atoms with E-state index in [2.05, 4.69) is 97.7 Å². The zero-order chi connectivity index (χ0) is 15.8. The van der Waals surface area contributed by atoms with Crippen LogP contribution in [0.1, 0.15) is 67.0 Å². The van der Waals surface area contributed by atoms with Crippen molar-refractivity contribution in [2.45, 2.75) is 77.9 Å². The molecular formula is C16H29Br2NSi. The molecule has 0 atom stereocenters. The molecule has 0 aliphatic carbocycles. The third-order valence-corrected chi connectivity index (χ3v) is 13.4.